The molecular weight excluding hydrogens is 1680 g/mol. The Morgan fingerprint density at radius 1 is 0.333 bits per heavy atom. The van der Waals surface area contributed by atoms with Gasteiger partial charge in [-0.1, -0.05) is 72.6 Å². The molecule has 0 bridgehead atoms. The molecule has 0 radical (unpaired) electrons. The summed E-state index contributed by atoms with van der Waals surface area (Å²) in [6.07, 6.45) is 2.26. The topological polar surface area (TPSA) is 746 Å². The van der Waals surface area contributed by atoms with E-state index in [-0.39, 0.29) is 141 Å². The molecule has 14 amide bonds. The van der Waals surface area contributed by atoms with Crippen LogP contribution in [-0.4, -0.2) is 269 Å². The number of nitrogens with two attached hydrogens (primary N) is 8. The Morgan fingerprint density at radius 2 is 0.612 bits per heavy atom. The van der Waals surface area contributed by atoms with Crippen LogP contribution in [0.4, 0.5) is 0 Å². The number of carboxylic acids is 2. The molecule has 129 heavy (non-hydrogen) atoms. The molecule has 0 saturated carbocycles. The first-order valence-corrected chi connectivity index (χ1v) is 45.5. The zero-order valence-electron chi connectivity index (χ0n) is 76.7. The molecule has 2 rings (SSSR count). The summed E-state index contributed by atoms with van der Waals surface area (Å²) in [6, 6.07) is -14.7. The Kier molecular flexibility index (Phi) is 56.1. The maximum atomic E-state index is 14.7. The molecule has 1 aromatic carbocycles. The first-order valence-electron chi connectivity index (χ1n) is 45.5. The largest absolute Gasteiger partial charge is 0.481 e. The Morgan fingerprint density at radius 3 is 0.946 bits per heavy atom. The average Bonchev–Trinajstić information content (AvgIpc) is 1.66. The number of aromatic nitrogens is 1. The van der Waals surface area contributed by atoms with E-state index in [2.05, 4.69) is 79.4 Å². The van der Waals surface area contributed by atoms with E-state index in [4.69, 9.17) is 45.9 Å². The van der Waals surface area contributed by atoms with E-state index in [1.807, 2.05) is 38.1 Å². The number of aromatic amines is 1. The third-order valence-corrected chi connectivity index (χ3v) is 22.3. The lowest BCUT2D eigenvalue weighted by Gasteiger charge is -2.31. The number of rotatable bonds is 69. The average molecular weight is 1830 g/mol. The Labute approximate surface area is 756 Å². The van der Waals surface area contributed by atoms with Gasteiger partial charge in [0.25, 0.3) is 0 Å². The predicted molar refractivity (Wildman–Crippen MR) is 485 cm³/mol. The molecule has 732 valence electrons. The molecule has 0 aliphatic carbocycles. The second-order valence-corrected chi connectivity index (χ2v) is 33.7. The summed E-state index contributed by atoms with van der Waals surface area (Å²) in [6.45, 7) is 15.3. The van der Waals surface area contributed by atoms with Crippen molar-refractivity contribution in [2.24, 2.45) is 63.6 Å². The predicted octanol–water partition coefficient (Wildman–Crippen LogP) is -3.79. The number of hydrogen-bond acceptors (Lipinski definition) is 26. The van der Waals surface area contributed by atoms with Crippen LogP contribution in [0.2, 0.25) is 0 Å². The van der Waals surface area contributed by atoms with Crippen molar-refractivity contribution in [1.82, 2.24) is 79.4 Å². The number of aliphatic hydroxyl groups excluding tert-OH is 2. The molecule has 0 fully saturated rings. The minimum atomic E-state index is -2.05. The van der Waals surface area contributed by atoms with Crippen molar-refractivity contribution in [3.05, 3.63) is 36.0 Å². The van der Waals surface area contributed by atoms with Gasteiger partial charge in [0.1, 0.15) is 84.6 Å². The Hall–Kier alpha value is -10.1. The second-order valence-electron chi connectivity index (χ2n) is 33.7. The highest BCUT2D eigenvalue weighted by Crippen LogP contribution is 2.21. The first-order chi connectivity index (χ1) is 61.2. The third-order valence-electron chi connectivity index (χ3n) is 22.3. The van der Waals surface area contributed by atoms with Crippen molar-refractivity contribution < 1.29 is 97.1 Å². The van der Waals surface area contributed by atoms with Gasteiger partial charge in [-0.05, 0) is 244 Å². The summed E-state index contributed by atoms with van der Waals surface area (Å²) in [5.41, 5.74) is 48.6. The van der Waals surface area contributed by atoms with E-state index in [1.165, 1.54) is 13.8 Å². The molecule has 35 N–H and O–H groups in total. The minimum absolute atomic E-state index is 0.00220. The highest BCUT2D eigenvalue weighted by Gasteiger charge is 2.41. The van der Waals surface area contributed by atoms with Crippen LogP contribution in [0.5, 0.6) is 0 Å². The summed E-state index contributed by atoms with van der Waals surface area (Å²) in [5, 5.41) is 79.2. The first kappa shape index (κ1) is 115. The fraction of sp³-hybridized carbons (Fsp3) is 0.721. The van der Waals surface area contributed by atoms with Crippen LogP contribution < -0.4 is 120 Å². The molecule has 0 saturated heterocycles. The van der Waals surface area contributed by atoms with E-state index in [0.29, 0.717) is 70.8 Å². The summed E-state index contributed by atoms with van der Waals surface area (Å²) in [4.78, 5) is 228. The van der Waals surface area contributed by atoms with Crippen molar-refractivity contribution >= 4 is 106 Å². The number of fused-ring (bicyclic) bond motifs is 1. The number of aliphatic carboxylic acids is 2. The molecule has 1 aromatic heterocycles. The van der Waals surface area contributed by atoms with Crippen molar-refractivity contribution in [1.29, 1.82) is 0 Å². The van der Waals surface area contributed by atoms with E-state index >= 15 is 0 Å². The van der Waals surface area contributed by atoms with Crippen molar-refractivity contribution in [3.8, 4) is 0 Å². The number of amides is 14. The maximum absolute atomic E-state index is 14.7. The molecule has 2 aromatic rings. The highest BCUT2D eigenvalue weighted by molar-refractivity contribution is 6.01. The lowest BCUT2D eigenvalue weighted by Crippen LogP contribution is -2.63. The lowest BCUT2D eigenvalue weighted by molar-refractivity contribution is -0.143. The van der Waals surface area contributed by atoms with Gasteiger partial charge < -0.3 is 146 Å². The van der Waals surface area contributed by atoms with Gasteiger partial charge in [-0.25, -0.2) is 4.79 Å². The van der Waals surface area contributed by atoms with Crippen LogP contribution >= 0.6 is 0 Å². The van der Waals surface area contributed by atoms with Gasteiger partial charge in [-0.3, -0.25) is 71.9 Å². The smallest absolute Gasteiger partial charge is 0.326 e. The molecule has 1 heterocycles. The Bertz CT molecular complexity index is 3840. The summed E-state index contributed by atoms with van der Waals surface area (Å²) < 4.78 is 0. The zero-order chi connectivity index (χ0) is 97.0. The molecule has 43 heteroatoms. The minimum Gasteiger partial charge on any atom is -0.481 e. The quantitative estimate of drug-likeness (QED) is 0.0283. The number of para-hydroxylation sites is 1. The fourth-order valence-electron chi connectivity index (χ4n) is 14.1. The van der Waals surface area contributed by atoms with E-state index < -0.39 is 216 Å². The second kappa shape index (κ2) is 63.0. The Balaban J connectivity index is 2.47. The van der Waals surface area contributed by atoms with Crippen LogP contribution in [-0.2, 0) is 83.1 Å². The number of aliphatic hydroxyl groups is 2. The number of carbonyl (C=O) groups is 16. The molecular formula is C86H153N23O20. The molecule has 0 aliphatic heterocycles. The van der Waals surface area contributed by atoms with Gasteiger partial charge in [-0.2, -0.15) is 0 Å². The summed E-state index contributed by atoms with van der Waals surface area (Å²) in [5.74, 6) is -17.5. The van der Waals surface area contributed by atoms with Crippen molar-refractivity contribution in [2.45, 2.75) is 332 Å². The van der Waals surface area contributed by atoms with Crippen LogP contribution in [0.1, 0.15) is 228 Å². The molecule has 0 unspecified atom stereocenters. The number of hydrogen-bond donors (Lipinski definition) is 27. The standard InChI is InChI=1S/C86H153N23O20/c1-10-49(5)68(107-81(123)65(44-48(3)4)104-73(115)56(94)45-54-47-95-57-29-13-12-28-55(54)57)82(124)96-51(7)72(114)108-70(52(8)110)84(126)102-63(35-19-26-42-92)79(121)106-69(50(6)11-2)83(125)109-71(53(9)111)85(127)105-66(46-67(112)113)80(122)101-61(33-17-24-40-90)77(119)99-59(31-15-22-38-88)75(117)97-58(30-14-21-37-87)74(116)98-60(32-16-23-39-89)76(118)100-62(34-18-25-41-91)78(120)103-64(86(128)129)36-20-27-43-93/h12-13,28-29,47-53,56,58-66,68-71,95,110-111H,10-11,14-27,30-46,87-94H2,1-9H3,(H,96,124)(H,97,117)(H,98,116)(H,99,119)(H,100,118)(H,101,122)(H,102,126)(H,103,120)(H,104,115)(H,105,127)(H,106,121)(H,107,123)(H,108,114)(H,109,125)(H,112,113)(H,128,129)/t49-,50-,51-,52+,53+,56-,58-,59-,60-,61-,62-,63-,64-,65-,66-,68-,69-,70-,71-/m0/s1. The van der Waals surface area contributed by atoms with Crippen LogP contribution in [0.25, 0.3) is 10.9 Å². The number of carbonyl (C=O) groups excluding carboxylic acids is 14. The molecule has 19 atom stereocenters. The summed E-state index contributed by atoms with van der Waals surface area (Å²) >= 11 is 0. The van der Waals surface area contributed by atoms with E-state index in [0.717, 1.165) is 23.4 Å². The van der Waals surface area contributed by atoms with Gasteiger partial charge in [0.05, 0.1) is 24.7 Å². The van der Waals surface area contributed by atoms with E-state index in [1.54, 1.807) is 33.9 Å². The highest BCUT2D eigenvalue weighted by atomic mass is 16.4. The number of benzene rings is 1. The SMILES string of the molecule is CC[C@H](C)[C@H](NC(=O)[C@H](CC(C)C)NC(=O)[C@@H](N)Cc1c[nH]c2ccccc12)C(=O)N[C@@H](C)C(=O)N[C@H](C(=O)N[C@@H](CCCCN)C(=O)N[C@H](C(=O)N[C@H](C(=O)N[C@@H](CC(=O)O)C(=O)N[C@@H](CCCCN)C(=O)N[C@@H](CCCCN)C(=O)N[C@@H](CCCCN)C(=O)N[C@@H](CCCCN)C(=O)N[C@@H](CCCCN)C(=O)N[C@@H](CCCCN)C(=O)O)[C@@H](C)O)[C@@H](C)CC)[C@@H](C)O. The summed E-state index contributed by atoms with van der Waals surface area (Å²) in [7, 11) is 0. The lowest BCUT2D eigenvalue weighted by atomic mass is 9.96. The van der Waals surface area contributed by atoms with Gasteiger partial charge in [0.2, 0.25) is 82.7 Å². The monoisotopic (exact) mass is 1830 g/mol. The number of H-pyrrole nitrogens is 1. The van der Waals surface area contributed by atoms with Crippen molar-refractivity contribution in [2.75, 3.05) is 45.8 Å². The number of nitrogens with one attached hydrogen (secondary N) is 15. The third kappa shape index (κ3) is 42.5. The molecule has 0 aliphatic rings. The number of unbranched alkanes of at least 4 members (excludes halogenated alkanes) is 7. The van der Waals surface area contributed by atoms with Gasteiger partial charge in [0.15, 0.2) is 0 Å². The zero-order valence-corrected chi connectivity index (χ0v) is 76.7. The normalized spacial score (nSPS) is 15.8. The van der Waals surface area contributed by atoms with Crippen molar-refractivity contribution in [3.63, 3.8) is 0 Å². The van der Waals surface area contributed by atoms with Gasteiger partial charge in [-0.15, -0.1) is 0 Å². The van der Waals surface area contributed by atoms with Gasteiger partial charge >= 0.3 is 11.9 Å². The van der Waals surface area contributed by atoms with Gasteiger partial charge in [0, 0.05) is 17.1 Å². The van der Waals surface area contributed by atoms with E-state index in [9.17, 15) is 97.1 Å². The fourth-order valence-corrected chi connectivity index (χ4v) is 14.1. The molecule has 43 nitrogen and oxygen atoms in total. The van der Waals surface area contributed by atoms with Crippen LogP contribution in [0.15, 0.2) is 30.5 Å². The van der Waals surface area contributed by atoms with Crippen LogP contribution in [0, 0.1) is 17.8 Å². The molecule has 0 spiro atoms. The number of carboxylic acid groups (broad SMARTS) is 2. The van der Waals surface area contributed by atoms with Crippen LogP contribution in [0.3, 0.4) is 0 Å². The maximum Gasteiger partial charge on any atom is 0.326 e.